The Balaban J connectivity index is 2.34. The fourth-order valence-corrected chi connectivity index (χ4v) is 10.0. The van der Waals surface area contributed by atoms with E-state index in [2.05, 4.69) is 121 Å². The molecule has 0 saturated heterocycles. The molecule has 0 aliphatic heterocycles. The summed E-state index contributed by atoms with van der Waals surface area (Å²) >= 11 is 2.62. The predicted molar refractivity (Wildman–Crippen MR) is 109 cm³/mol. The van der Waals surface area contributed by atoms with Gasteiger partial charge in [0.2, 0.25) is 0 Å². The highest BCUT2D eigenvalue weighted by atomic mass is 127. The van der Waals surface area contributed by atoms with Gasteiger partial charge in [0.05, 0.1) is 0 Å². The summed E-state index contributed by atoms with van der Waals surface area (Å²) in [4.78, 5) is 0. The highest BCUT2D eigenvalue weighted by Crippen LogP contribution is 2.61. The topological polar surface area (TPSA) is 0 Å². The molecule has 0 heterocycles. The summed E-state index contributed by atoms with van der Waals surface area (Å²) in [7, 11) is -1.64. The van der Waals surface area contributed by atoms with Gasteiger partial charge in [-0.3, -0.25) is 0 Å². The van der Waals surface area contributed by atoms with Gasteiger partial charge >= 0.3 is 0 Å². The van der Waals surface area contributed by atoms with Crippen LogP contribution in [0.25, 0.3) is 0 Å². The van der Waals surface area contributed by atoms with E-state index in [-0.39, 0.29) is 0 Å². The third kappa shape index (κ3) is 2.73. The molecule has 0 fully saturated rings. The Morgan fingerprint density at radius 1 is 0.591 bits per heavy atom. The number of hydrogen-bond acceptors (Lipinski definition) is 0. The number of hydrogen-bond donors (Lipinski definition) is 0. The van der Waals surface area contributed by atoms with E-state index in [1.807, 2.05) is 0 Å². The maximum Gasteiger partial charge on any atom is 0.131 e. The molecule has 3 rings (SSSR count). The standard InChI is InChI=1S/C20H19IP/c1-17(21)22(18-11-5-2-6-12-18,19-13-7-3-8-14-19)20-15-9-4-10-16-20/h2-17H,1H3/q+1. The molecule has 1 unspecified atom stereocenters. The van der Waals surface area contributed by atoms with Crippen LogP contribution < -0.4 is 15.9 Å². The second-order valence-electron chi connectivity index (χ2n) is 5.30. The van der Waals surface area contributed by atoms with Gasteiger partial charge in [0.1, 0.15) is 26.8 Å². The Morgan fingerprint density at radius 2 is 0.864 bits per heavy atom. The van der Waals surface area contributed by atoms with E-state index in [0.29, 0.717) is 3.67 Å². The summed E-state index contributed by atoms with van der Waals surface area (Å²) in [5.74, 6) is 0. The van der Waals surface area contributed by atoms with Crippen LogP contribution in [0.1, 0.15) is 6.92 Å². The van der Waals surface area contributed by atoms with Gasteiger partial charge in [0.25, 0.3) is 0 Å². The quantitative estimate of drug-likeness (QED) is 0.326. The van der Waals surface area contributed by atoms with Crippen molar-refractivity contribution in [3.63, 3.8) is 0 Å². The molecule has 0 radical (unpaired) electrons. The van der Waals surface area contributed by atoms with Crippen molar-refractivity contribution in [1.29, 1.82) is 0 Å². The molecule has 0 nitrogen and oxygen atoms in total. The summed E-state index contributed by atoms with van der Waals surface area (Å²) in [5, 5.41) is 4.36. The molecule has 1 atom stereocenters. The lowest BCUT2D eigenvalue weighted by molar-refractivity contribution is 1.44. The van der Waals surface area contributed by atoms with Gasteiger partial charge in [0.15, 0.2) is 0 Å². The molecule has 110 valence electrons. The zero-order valence-corrected chi connectivity index (χ0v) is 15.6. The Bertz CT molecular complexity index is 612. The smallest absolute Gasteiger partial charge is 0.0620 e. The summed E-state index contributed by atoms with van der Waals surface area (Å²) in [6.45, 7) is 2.35. The van der Waals surface area contributed by atoms with E-state index in [1.54, 1.807) is 0 Å². The SMILES string of the molecule is CC(I)[P+](c1ccccc1)(c1ccccc1)c1ccccc1. The number of benzene rings is 3. The minimum Gasteiger partial charge on any atom is -0.0620 e. The van der Waals surface area contributed by atoms with Crippen LogP contribution >= 0.6 is 29.9 Å². The molecule has 0 amide bonds. The van der Waals surface area contributed by atoms with Gasteiger partial charge < -0.3 is 0 Å². The molecule has 0 N–H and O–H groups in total. The van der Waals surface area contributed by atoms with E-state index in [0.717, 1.165) is 0 Å². The second kappa shape index (κ2) is 6.93. The first-order valence-electron chi connectivity index (χ1n) is 7.46. The van der Waals surface area contributed by atoms with Gasteiger partial charge in [-0.05, 0) is 65.9 Å². The van der Waals surface area contributed by atoms with Crippen molar-refractivity contribution in [3.8, 4) is 0 Å². The maximum absolute atomic E-state index is 2.62. The highest BCUT2D eigenvalue weighted by molar-refractivity contribution is 14.1. The van der Waals surface area contributed by atoms with Gasteiger partial charge in [-0.2, -0.15) is 0 Å². The van der Waals surface area contributed by atoms with Crippen LogP contribution in [0.3, 0.4) is 0 Å². The van der Waals surface area contributed by atoms with Crippen LogP contribution in [0.4, 0.5) is 0 Å². The lowest BCUT2D eigenvalue weighted by Crippen LogP contribution is -2.35. The van der Waals surface area contributed by atoms with E-state index in [4.69, 9.17) is 0 Å². The Labute approximate surface area is 147 Å². The predicted octanol–water partition coefficient (Wildman–Crippen LogP) is 4.76. The van der Waals surface area contributed by atoms with Gasteiger partial charge in [-0.1, -0.05) is 54.6 Å². The van der Waals surface area contributed by atoms with Crippen LogP contribution in [0.15, 0.2) is 91.0 Å². The molecule has 3 aromatic rings. The molecule has 0 aliphatic rings. The summed E-state index contributed by atoms with van der Waals surface area (Å²) in [6, 6.07) is 33.0. The second-order valence-corrected chi connectivity index (χ2v) is 11.9. The molecule has 0 aliphatic carbocycles. The third-order valence-electron chi connectivity index (χ3n) is 4.02. The van der Waals surface area contributed by atoms with E-state index in [9.17, 15) is 0 Å². The molecule has 0 saturated carbocycles. The molecule has 0 spiro atoms. The lowest BCUT2D eigenvalue weighted by atomic mass is 10.4. The molecular formula is C20H19IP+. The van der Waals surface area contributed by atoms with Crippen molar-refractivity contribution >= 4 is 45.8 Å². The minimum atomic E-state index is -1.64. The first kappa shape index (κ1) is 15.7. The van der Waals surface area contributed by atoms with Crippen LogP contribution in [0, 0.1) is 0 Å². The molecule has 22 heavy (non-hydrogen) atoms. The number of rotatable bonds is 4. The third-order valence-corrected chi connectivity index (χ3v) is 10.9. The first-order chi connectivity index (χ1) is 10.8. The average molecular weight is 417 g/mol. The van der Waals surface area contributed by atoms with Crippen LogP contribution in [0.5, 0.6) is 0 Å². The molecular weight excluding hydrogens is 398 g/mol. The molecule has 2 heteroatoms. The monoisotopic (exact) mass is 417 g/mol. The zero-order valence-electron chi connectivity index (χ0n) is 12.6. The minimum absolute atomic E-state index is 0.525. The van der Waals surface area contributed by atoms with E-state index in [1.165, 1.54) is 15.9 Å². The van der Waals surface area contributed by atoms with Crippen LogP contribution in [-0.4, -0.2) is 3.67 Å². The van der Waals surface area contributed by atoms with Crippen LogP contribution in [-0.2, 0) is 0 Å². The molecule has 0 bridgehead atoms. The maximum atomic E-state index is 2.62. The van der Waals surface area contributed by atoms with E-state index < -0.39 is 7.26 Å². The Morgan fingerprint density at radius 3 is 1.09 bits per heavy atom. The first-order valence-corrected chi connectivity index (χ1v) is 10.6. The van der Waals surface area contributed by atoms with Crippen molar-refractivity contribution in [2.75, 3.05) is 0 Å². The van der Waals surface area contributed by atoms with Crippen molar-refractivity contribution < 1.29 is 0 Å². The fourth-order valence-electron chi connectivity index (χ4n) is 3.05. The zero-order chi connectivity index (χ0) is 15.4. The average Bonchev–Trinajstić information content (AvgIpc) is 2.58. The molecule has 0 aromatic heterocycles. The Kier molecular flexibility index (Phi) is 4.95. The largest absolute Gasteiger partial charge is 0.131 e. The van der Waals surface area contributed by atoms with Gasteiger partial charge in [0, 0.05) is 0 Å². The lowest BCUT2D eigenvalue weighted by Gasteiger charge is -2.30. The summed E-state index contributed by atoms with van der Waals surface area (Å²) in [5.41, 5.74) is 0. The van der Waals surface area contributed by atoms with Crippen molar-refractivity contribution in [2.45, 2.75) is 10.6 Å². The Hall–Kier alpha value is -1.18. The summed E-state index contributed by atoms with van der Waals surface area (Å²) in [6.07, 6.45) is 0. The normalized spacial score (nSPS) is 12.8. The molecule has 3 aromatic carbocycles. The fraction of sp³-hybridized carbons (Fsp3) is 0.100. The van der Waals surface area contributed by atoms with Crippen molar-refractivity contribution in [1.82, 2.24) is 0 Å². The highest BCUT2D eigenvalue weighted by Gasteiger charge is 2.49. The number of halogens is 1. The van der Waals surface area contributed by atoms with Gasteiger partial charge in [-0.15, -0.1) is 0 Å². The van der Waals surface area contributed by atoms with Gasteiger partial charge in [-0.25, -0.2) is 0 Å². The van der Waals surface area contributed by atoms with Crippen molar-refractivity contribution in [3.05, 3.63) is 91.0 Å². The number of alkyl halides is 1. The van der Waals surface area contributed by atoms with Crippen LogP contribution in [0.2, 0.25) is 0 Å². The summed E-state index contributed by atoms with van der Waals surface area (Å²) < 4.78 is 0.525. The van der Waals surface area contributed by atoms with E-state index >= 15 is 0 Å². The van der Waals surface area contributed by atoms with Crippen molar-refractivity contribution in [2.24, 2.45) is 0 Å².